The minimum Gasteiger partial charge on any atom is -0.384 e. The average molecular weight is 490 g/mol. The molecule has 7 nitrogen and oxygen atoms in total. The van der Waals surface area contributed by atoms with E-state index in [1.54, 1.807) is 11.1 Å². The van der Waals surface area contributed by atoms with Crippen molar-refractivity contribution >= 4 is 22.5 Å². The van der Waals surface area contributed by atoms with Crippen molar-refractivity contribution in [2.45, 2.75) is 46.1 Å². The van der Waals surface area contributed by atoms with Crippen molar-refractivity contribution in [3.8, 4) is 11.3 Å². The van der Waals surface area contributed by atoms with E-state index in [2.05, 4.69) is 33.4 Å². The number of anilines is 1. The molecule has 0 aliphatic carbocycles. The Hall–Kier alpha value is -3.03. The lowest BCUT2D eigenvalue weighted by molar-refractivity contribution is -0.136. The number of nitrogens with zero attached hydrogens (tertiary/aromatic N) is 4. The standard InChI is InChI=1S/C29H39N5O2/c1-3-34(4-2)29(35)22-36-21-23-9-11-24(12-10-23)27-19-28(25-20-30-15-13-26(25)32-27)31-14-8-18-33-16-6-5-7-17-33/h9-13,15,19-20H,3-8,14,16-18,21-22H2,1-2H3,(H,31,32). The number of amides is 1. The van der Waals surface area contributed by atoms with Crippen LogP contribution < -0.4 is 5.32 Å². The number of carbonyl (C=O) groups is 1. The largest absolute Gasteiger partial charge is 0.384 e. The molecule has 2 aromatic heterocycles. The molecule has 192 valence electrons. The second-order valence-corrected chi connectivity index (χ2v) is 9.39. The summed E-state index contributed by atoms with van der Waals surface area (Å²) in [6, 6.07) is 12.3. The number of rotatable bonds is 12. The van der Waals surface area contributed by atoms with Crippen LogP contribution in [0.15, 0.2) is 48.8 Å². The molecule has 1 aromatic carbocycles. The highest BCUT2D eigenvalue weighted by molar-refractivity contribution is 5.93. The van der Waals surface area contributed by atoms with Crippen LogP contribution in [-0.2, 0) is 16.1 Å². The molecule has 0 saturated carbocycles. The third kappa shape index (κ3) is 7.02. The van der Waals surface area contributed by atoms with Gasteiger partial charge in [-0.25, -0.2) is 4.98 Å². The zero-order valence-corrected chi connectivity index (χ0v) is 21.7. The molecule has 0 atom stereocenters. The number of pyridine rings is 2. The molecule has 1 aliphatic rings. The molecule has 36 heavy (non-hydrogen) atoms. The molecule has 0 spiro atoms. The third-order valence-corrected chi connectivity index (χ3v) is 6.89. The molecule has 1 N–H and O–H groups in total. The Balaban J connectivity index is 1.38. The van der Waals surface area contributed by atoms with Crippen molar-refractivity contribution in [1.29, 1.82) is 0 Å². The van der Waals surface area contributed by atoms with Crippen molar-refractivity contribution in [1.82, 2.24) is 19.8 Å². The van der Waals surface area contributed by atoms with Crippen LogP contribution in [-0.4, -0.2) is 71.6 Å². The van der Waals surface area contributed by atoms with Gasteiger partial charge in [0.05, 0.1) is 17.8 Å². The molecule has 0 unspecified atom stereocenters. The van der Waals surface area contributed by atoms with E-state index in [-0.39, 0.29) is 12.5 Å². The Kier molecular flexibility index (Phi) is 9.64. The summed E-state index contributed by atoms with van der Waals surface area (Å²) in [4.78, 5) is 25.7. The van der Waals surface area contributed by atoms with Gasteiger partial charge in [-0.2, -0.15) is 0 Å². The Morgan fingerprint density at radius 1 is 1.08 bits per heavy atom. The highest BCUT2D eigenvalue weighted by Gasteiger charge is 2.12. The summed E-state index contributed by atoms with van der Waals surface area (Å²) >= 11 is 0. The van der Waals surface area contributed by atoms with Crippen LogP contribution in [0.25, 0.3) is 22.2 Å². The molecule has 1 fully saturated rings. The number of carbonyl (C=O) groups excluding carboxylic acids is 1. The fourth-order valence-corrected chi connectivity index (χ4v) is 4.77. The van der Waals surface area contributed by atoms with Gasteiger partial charge in [-0.3, -0.25) is 9.78 Å². The van der Waals surface area contributed by atoms with E-state index in [9.17, 15) is 4.79 Å². The van der Waals surface area contributed by atoms with Gasteiger partial charge in [-0.05, 0) is 70.4 Å². The number of piperidine rings is 1. The van der Waals surface area contributed by atoms with Crippen LogP contribution in [0.3, 0.4) is 0 Å². The summed E-state index contributed by atoms with van der Waals surface area (Å²) in [7, 11) is 0. The Labute approximate surface area is 214 Å². The molecule has 0 radical (unpaired) electrons. The summed E-state index contributed by atoms with van der Waals surface area (Å²) in [6.45, 7) is 10.4. The first-order chi connectivity index (χ1) is 17.7. The summed E-state index contributed by atoms with van der Waals surface area (Å²) in [5, 5.41) is 4.69. The fraction of sp³-hybridized carbons (Fsp3) is 0.483. The van der Waals surface area contributed by atoms with Crippen LogP contribution in [0.1, 0.15) is 45.1 Å². The molecule has 1 saturated heterocycles. The molecular weight excluding hydrogens is 450 g/mol. The van der Waals surface area contributed by atoms with E-state index < -0.39 is 0 Å². The van der Waals surface area contributed by atoms with Gasteiger partial charge >= 0.3 is 0 Å². The average Bonchev–Trinajstić information content (AvgIpc) is 2.92. The third-order valence-electron chi connectivity index (χ3n) is 6.89. The second kappa shape index (κ2) is 13.3. The van der Waals surface area contributed by atoms with Gasteiger partial charge in [0.15, 0.2) is 0 Å². The first-order valence-electron chi connectivity index (χ1n) is 13.3. The van der Waals surface area contributed by atoms with Crippen LogP contribution in [0.2, 0.25) is 0 Å². The van der Waals surface area contributed by atoms with Crippen LogP contribution in [0.4, 0.5) is 5.69 Å². The second-order valence-electron chi connectivity index (χ2n) is 9.39. The van der Waals surface area contributed by atoms with E-state index in [4.69, 9.17) is 9.72 Å². The smallest absolute Gasteiger partial charge is 0.248 e. The van der Waals surface area contributed by atoms with Gasteiger partial charge < -0.3 is 19.9 Å². The summed E-state index contributed by atoms with van der Waals surface area (Å²) in [5.74, 6) is 0.0300. The number of benzene rings is 1. The number of ether oxygens (including phenoxy) is 1. The Morgan fingerprint density at radius 2 is 1.86 bits per heavy atom. The lowest BCUT2D eigenvalue weighted by Gasteiger charge is -2.26. The summed E-state index contributed by atoms with van der Waals surface area (Å²) in [6.07, 6.45) is 8.83. The molecule has 1 aliphatic heterocycles. The Morgan fingerprint density at radius 3 is 2.61 bits per heavy atom. The lowest BCUT2D eigenvalue weighted by atomic mass is 10.1. The minimum absolute atomic E-state index is 0.0300. The molecule has 0 bridgehead atoms. The highest BCUT2D eigenvalue weighted by atomic mass is 16.5. The van der Waals surface area contributed by atoms with Crippen molar-refractivity contribution in [2.75, 3.05) is 51.2 Å². The molecule has 3 heterocycles. The molecule has 3 aromatic rings. The monoisotopic (exact) mass is 489 g/mol. The number of nitrogens with one attached hydrogen (secondary N) is 1. The Bertz CT molecular complexity index is 1110. The summed E-state index contributed by atoms with van der Waals surface area (Å²) in [5.41, 5.74) is 5.02. The minimum atomic E-state index is 0.0300. The molecule has 1 amide bonds. The number of likely N-dealkylation sites (tertiary alicyclic amines) is 1. The quantitative estimate of drug-likeness (QED) is 0.362. The van der Waals surface area contributed by atoms with Crippen molar-refractivity contribution < 1.29 is 9.53 Å². The zero-order valence-electron chi connectivity index (χ0n) is 21.7. The summed E-state index contributed by atoms with van der Waals surface area (Å²) < 4.78 is 5.66. The van der Waals surface area contributed by atoms with E-state index >= 15 is 0 Å². The first kappa shape index (κ1) is 26.0. The van der Waals surface area contributed by atoms with Crippen LogP contribution >= 0.6 is 0 Å². The number of fused-ring (bicyclic) bond motifs is 1. The van der Waals surface area contributed by atoms with Crippen molar-refractivity contribution in [2.24, 2.45) is 0 Å². The maximum absolute atomic E-state index is 12.1. The number of hydrogen-bond acceptors (Lipinski definition) is 6. The maximum atomic E-state index is 12.1. The zero-order chi connectivity index (χ0) is 25.2. The molecule has 4 rings (SSSR count). The maximum Gasteiger partial charge on any atom is 0.248 e. The van der Waals surface area contributed by atoms with Crippen LogP contribution in [0.5, 0.6) is 0 Å². The van der Waals surface area contributed by atoms with Gasteiger partial charge in [0.25, 0.3) is 0 Å². The van der Waals surface area contributed by atoms with Gasteiger partial charge in [0.1, 0.15) is 6.61 Å². The highest BCUT2D eigenvalue weighted by Crippen LogP contribution is 2.28. The SMILES string of the molecule is CCN(CC)C(=O)COCc1ccc(-c2cc(NCCCN3CCCCC3)c3cnccc3n2)cc1. The lowest BCUT2D eigenvalue weighted by Crippen LogP contribution is -2.33. The van der Waals surface area contributed by atoms with Crippen molar-refractivity contribution in [3.63, 3.8) is 0 Å². The topological polar surface area (TPSA) is 70.6 Å². The number of aromatic nitrogens is 2. The van der Waals surface area contributed by atoms with Gasteiger partial charge in [-0.1, -0.05) is 30.7 Å². The fourth-order valence-electron chi connectivity index (χ4n) is 4.77. The van der Waals surface area contributed by atoms with E-state index in [1.807, 2.05) is 38.2 Å². The van der Waals surface area contributed by atoms with E-state index in [1.165, 1.54) is 32.4 Å². The predicted octanol–water partition coefficient (Wildman–Crippen LogP) is 4.97. The van der Waals surface area contributed by atoms with Gasteiger partial charge in [0, 0.05) is 48.7 Å². The van der Waals surface area contributed by atoms with Gasteiger partial charge in [-0.15, -0.1) is 0 Å². The number of hydrogen-bond donors (Lipinski definition) is 1. The molecular formula is C29H39N5O2. The van der Waals surface area contributed by atoms with E-state index in [0.717, 1.165) is 52.9 Å². The number of likely N-dealkylation sites (N-methyl/N-ethyl adjacent to an activating group) is 1. The molecule has 7 heteroatoms. The predicted molar refractivity (Wildman–Crippen MR) is 146 cm³/mol. The van der Waals surface area contributed by atoms with E-state index in [0.29, 0.717) is 19.7 Å². The van der Waals surface area contributed by atoms with Gasteiger partial charge in [0.2, 0.25) is 5.91 Å². The van der Waals surface area contributed by atoms with Crippen LogP contribution in [0, 0.1) is 0 Å². The van der Waals surface area contributed by atoms with Crippen molar-refractivity contribution in [3.05, 3.63) is 54.4 Å². The normalized spacial score (nSPS) is 14.2. The first-order valence-corrected chi connectivity index (χ1v) is 13.3.